The Kier molecular flexibility index (Phi) is 17.1. The molecule has 7 N–H and O–H groups in total. The lowest BCUT2D eigenvalue weighted by atomic mass is 10.0. The summed E-state index contributed by atoms with van der Waals surface area (Å²) >= 11 is 0. The average Bonchev–Trinajstić information content (AvgIpc) is 4.30. The van der Waals surface area contributed by atoms with Gasteiger partial charge >= 0.3 is 41.9 Å². The monoisotopic (exact) mass is 1120 g/mol. The van der Waals surface area contributed by atoms with E-state index in [2.05, 4.69) is 30.9 Å². The van der Waals surface area contributed by atoms with Gasteiger partial charge in [-0.15, -0.1) is 0 Å². The van der Waals surface area contributed by atoms with Crippen LogP contribution >= 0.6 is 0 Å². The number of carbonyl (C=O) groups is 6. The van der Waals surface area contributed by atoms with E-state index < -0.39 is 119 Å². The fourth-order valence-electron chi connectivity index (χ4n) is 9.17. The number of aromatic nitrogens is 5. The fraction of sp³-hybridized carbons (Fsp3) is 0.404. The van der Waals surface area contributed by atoms with Crippen LogP contribution in [0.5, 0.6) is 0 Å². The van der Waals surface area contributed by atoms with Gasteiger partial charge < -0.3 is 64.1 Å². The molecule has 8 rings (SSSR count). The number of nitrogens with zero attached hydrogens (tertiary/aromatic N) is 1. The van der Waals surface area contributed by atoms with Crippen LogP contribution in [-0.4, -0.2) is 121 Å². The van der Waals surface area contributed by atoms with Crippen molar-refractivity contribution in [1.82, 2.24) is 40.5 Å². The number of ether oxygens (including phenoxy) is 7. The van der Waals surface area contributed by atoms with Gasteiger partial charge in [0, 0.05) is 70.6 Å². The molecule has 23 nitrogen and oxygen atoms in total. The first kappa shape index (κ1) is 58.2. The highest BCUT2D eigenvalue weighted by Gasteiger charge is 2.53. The second-order valence-corrected chi connectivity index (χ2v) is 22.4. The van der Waals surface area contributed by atoms with Crippen LogP contribution in [0.4, 0.5) is 18.8 Å². The number of benzene rings is 3. The molecule has 1 aliphatic heterocycles. The highest BCUT2D eigenvalue weighted by Crippen LogP contribution is 2.35. The van der Waals surface area contributed by atoms with E-state index in [1.54, 1.807) is 136 Å². The molecule has 5 heterocycles. The third-order valence-corrected chi connectivity index (χ3v) is 12.6. The van der Waals surface area contributed by atoms with E-state index in [4.69, 9.17) is 33.2 Å². The van der Waals surface area contributed by atoms with E-state index >= 15 is 9.18 Å². The Labute approximate surface area is 462 Å². The second kappa shape index (κ2) is 23.8. The first-order valence-corrected chi connectivity index (χ1v) is 26.1. The van der Waals surface area contributed by atoms with E-state index in [0.29, 0.717) is 49.3 Å². The highest BCUT2D eigenvalue weighted by molar-refractivity contribution is 5.89. The molecule has 1 fully saturated rings. The lowest BCUT2D eigenvalue weighted by molar-refractivity contribution is -0.172. The van der Waals surface area contributed by atoms with Crippen molar-refractivity contribution in [2.24, 2.45) is 0 Å². The van der Waals surface area contributed by atoms with Crippen LogP contribution in [0.3, 0.4) is 0 Å². The molecule has 0 saturated carbocycles. The number of halogens is 1. The number of amides is 3. The molecule has 81 heavy (non-hydrogen) atoms. The summed E-state index contributed by atoms with van der Waals surface area (Å²) in [6.45, 7) is 13.7. The Morgan fingerprint density at radius 2 is 0.938 bits per heavy atom. The van der Waals surface area contributed by atoms with E-state index in [0.717, 1.165) is 10.9 Å². The normalized spacial score (nSPS) is 17.7. The van der Waals surface area contributed by atoms with Crippen molar-refractivity contribution < 1.29 is 66.3 Å². The minimum atomic E-state index is -2.03. The Morgan fingerprint density at radius 3 is 1.33 bits per heavy atom. The molecule has 0 spiro atoms. The number of H-pyrrole nitrogens is 4. The summed E-state index contributed by atoms with van der Waals surface area (Å²) in [5.74, 6) is -4.95. The van der Waals surface area contributed by atoms with Crippen molar-refractivity contribution >= 4 is 68.9 Å². The number of hydrogen-bond donors (Lipinski definition) is 7. The molecule has 3 aromatic carbocycles. The van der Waals surface area contributed by atoms with Crippen molar-refractivity contribution in [2.75, 3.05) is 6.61 Å². The number of para-hydroxylation sites is 3. The molecule has 1 aliphatic rings. The molecule has 7 aromatic rings. The summed E-state index contributed by atoms with van der Waals surface area (Å²) in [5, 5.41) is 9.78. The predicted molar refractivity (Wildman–Crippen MR) is 291 cm³/mol. The molecule has 0 bridgehead atoms. The smallest absolute Gasteiger partial charge is 0.408 e. The van der Waals surface area contributed by atoms with Gasteiger partial charge in [0.05, 0.1) is 6.20 Å². The number of nitrogens with one attached hydrogen (secondary N) is 7. The molecule has 1 saturated heterocycles. The summed E-state index contributed by atoms with van der Waals surface area (Å²) in [6.07, 6.45) is -6.00. The molecule has 0 aliphatic carbocycles. The van der Waals surface area contributed by atoms with Crippen LogP contribution in [0.15, 0.2) is 107 Å². The summed E-state index contributed by atoms with van der Waals surface area (Å²) in [5.41, 5.74) is -1.97. The number of rotatable bonds is 17. The van der Waals surface area contributed by atoms with Crippen LogP contribution < -0.4 is 27.2 Å². The first-order chi connectivity index (χ1) is 38.2. The maximum atomic E-state index is 15.4. The zero-order chi connectivity index (χ0) is 58.6. The van der Waals surface area contributed by atoms with E-state index in [1.807, 2.05) is 23.2 Å². The van der Waals surface area contributed by atoms with Gasteiger partial charge in [0.1, 0.15) is 47.6 Å². The average molecular weight is 1120 g/mol. The minimum Gasteiger partial charge on any atom is -0.461 e. The second-order valence-electron chi connectivity index (χ2n) is 22.4. The number of carbonyl (C=O) groups excluding carboxylic acids is 6. The SMILES string of the molecule is CC(C)(C)OC(=O)N[C@@H](Cc1c[nH]c2ccccc12)C(=O)OC[C@H]1O[C@@H](n2cc(F)c(=O)[nH]c2=O)[C@H](OC(=O)[C@@H](Cc2c[nH]c3ccccc23)NC(=O)OC(C)(C)C)[C@@H]1OC(=O)[C@@H](Cc1c[nH]c2ccccc12)NC(=O)OC(C)(C)C. The molecule has 24 heteroatoms. The Bertz CT molecular complexity index is 3580. The van der Waals surface area contributed by atoms with Crippen LogP contribution in [-0.2, 0) is 66.8 Å². The molecular formula is C57H65FN8O15. The van der Waals surface area contributed by atoms with Crippen LogP contribution in [0.2, 0.25) is 0 Å². The maximum Gasteiger partial charge on any atom is 0.408 e. The van der Waals surface area contributed by atoms with E-state index in [9.17, 15) is 33.6 Å². The Hall–Kier alpha value is -8.93. The Morgan fingerprint density at radius 1 is 0.568 bits per heavy atom. The van der Waals surface area contributed by atoms with Crippen LogP contribution in [0.25, 0.3) is 32.7 Å². The van der Waals surface area contributed by atoms with Crippen LogP contribution in [0.1, 0.15) is 85.2 Å². The van der Waals surface area contributed by atoms with E-state index in [-0.39, 0.29) is 19.3 Å². The minimum absolute atomic E-state index is 0.144. The van der Waals surface area contributed by atoms with E-state index in [1.165, 1.54) is 0 Å². The molecule has 7 atom stereocenters. The maximum absolute atomic E-state index is 15.4. The van der Waals surface area contributed by atoms with Gasteiger partial charge in [-0.2, -0.15) is 4.39 Å². The molecule has 0 unspecified atom stereocenters. The van der Waals surface area contributed by atoms with Crippen molar-refractivity contribution in [1.29, 1.82) is 0 Å². The van der Waals surface area contributed by atoms with Crippen molar-refractivity contribution in [3.8, 4) is 0 Å². The van der Waals surface area contributed by atoms with Crippen molar-refractivity contribution in [2.45, 2.75) is 141 Å². The number of esters is 3. The fourth-order valence-corrected chi connectivity index (χ4v) is 9.17. The molecule has 430 valence electrons. The number of hydrogen-bond acceptors (Lipinski definition) is 15. The summed E-state index contributed by atoms with van der Waals surface area (Å²) in [6, 6.07) is 16.9. The van der Waals surface area contributed by atoms with Gasteiger partial charge in [-0.25, -0.2) is 33.6 Å². The molecule has 4 aromatic heterocycles. The van der Waals surface area contributed by atoms with Gasteiger partial charge in [0.15, 0.2) is 18.4 Å². The van der Waals surface area contributed by atoms with Crippen LogP contribution in [0, 0.1) is 5.82 Å². The first-order valence-electron chi connectivity index (χ1n) is 26.1. The number of alkyl carbamates (subject to hydrolysis) is 3. The largest absolute Gasteiger partial charge is 0.461 e. The lowest BCUT2D eigenvalue weighted by Crippen LogP contribution is -2.51. The third-order valence-electron chi connectivity index (χ3n) is 12.6. The molecule has 3 amide bonds. The van der Waals surface area contributed by atoms with Gasteiger partial charge in [0.25, 0.3) is 5.56 Å². The lowest BCUT2D eigenvalue weighted by Gasteiger charge is -2.29. The zero-order valence-electron chi connectivity index (χ0n) is 46.1. The Balaban J connectivity index is 1.20. The molecular weight excluding hydrogens is 1060 g/mol. The predicted octanol–water partition coefficient (Wildman–Crippen LogP) is 6.79. The van der Waals surface area contributed by atoms with Crippen molar-refractivity contribution in [3.63, 3.8) is 0 Å². The zero-order valence-corrected chi connectivity index (χ0v) is 46.1. The summed E-state index contributed by atoms with van der Waals surface area (Å²) in [7, 11) is 0. The van der Waals surface area contributed by atoms with Crippen molar-refractivity contribution in [3.05, 3.63) is 141 Å². The quantitative estimate of drug-likeness (QED) is 0.0365. The standard InChI is InChI=1S/C57H65FN8O15/c1-55(2,3)79-52(72)62-40(22-30-25-59-37-19-13-10-16-33(30)37)48(68)75-29-43-44(77-49(69)41(63-53(73)80-56(4,5)6)23-31-26-60-38-20-14-11-17-34(31)38)45(47(76-43)66-28-36(58)46(67)65-51(66)71)78-50(70)42(64-54(74)81-57(7,8)9)24-32-27-61-39-21-15-12-18-35(32)39/h10-21,25-28,40-45,47,59-61H,22-24,29H2,1-9H3,(H,62,72)(H,63,73)(H,64,74)(H,65,67,71)/t40-,41+,42+,43+,44+,45+,47+/m0/s1. The van der Waals surface area contributed by atoms with Gasteiger partial charge in [-0.1, -0.05) is 54.6 Å². The number of aromatic amines is 4. The topological polar surface area (TPSA) is 305 Å². The van der Waals surface area contributed by atoms with Gasteiger partial charge in [-0.05, 0) is 97.2 Å². The number of fused-ring (bicyclic) bond motifs is 3. The van der Waals surface area contributed by atoms with Gasteiger partial charge in [0.2, 0.25) is 5.82 Å². The summed E-state index contributed by atoms with van der Waals surface area (Å²) < 4.78 is 57.3. The highest BCUT2D eigenvalue weighted by atomic mass is 19.1. The molecule has 0 radical (unpaired) electrons. The third kappa shape index (κ3) is 14.9. The van der Waals surface area contributed by atoms with Gasteiger partial charge in [-0.3, -0.25) is 14.3 Å². The summed E-state index contributed by atoms with van der Waals surface area (Å²) in [4.78, 5) is 122.